The maximum Gasteiger partial charge on any atom is 0.206 e. The van der Waals surface area contributed by atoms with Crippen molar-refractivity contribution < 1.29 is 0 Å². The molecular weight excluding hydrogens is 202 g/mol. The van der Waals surface area contributed by atoms with Crippen LogP contribution in [0.5, 0.6) is 0 Å². The second-order valence-corrected chi connectivity index (χ2v) is 3.54. The van der Waals surface area contributed by atoms with Crippen LogP contribution in [0.3, 0.4) is 0 Å². The average molecular weight is 221 g/mol. The smallest absolute Gasteiger partial charge is 0.206 e. The summed E-state index contributed by atoms with van der Waals surface area (Å²) in [5.41, 5.74) is 4.61. The van der Waals surface area contributed by atoms with Crippen LogP contribution < -0.4 is 16.6 Å². The van der Waals surface area contributed by atoms with Gasteiger partial charge in [-0.3, -0.25) is 10.4 Å². The minimum absolute atomic E-state index is 0.573. The van der Waals surface area contributed by atoms with Gasteiger partial charge >= 0.3 is 0 Å². The molecule has 0 aliphatic rings. The van der Waals surface area contributed by atoms with Crippen LogP contribution in [0.4, 0.5) is 0 Å². The summed E-state index contributed by atoms with van der Waals surface area (Å²) in [6, 6.07) is 3.99. The van der Waals surface area contributed by atoms with E-state index < -0.39 is 0 Å². The van der Waals surface area contributed by atoms with Crippen molar-refractivity contribution in [1.29, 1.82) is 0 Å². The SMILES string of the molecule is CCCNC(=NCc1ccc(C)nc1)NN. The topological polar surface area (TPSA) is 75.3 Å². The third-order valence-electron chi connectivity index (χ3n) is 2.07. The van der Waals surface area contributed by atoms with E-state index in [1.807, 2.05) is 25.3 Å². The van der Waals surface area contributed by atoms with Gasteiger partial charge in [0, 0.05) is 18.4 Å². The Morgan fingerprint density at radius 2 is 2.31 bits per heavy atom. The quantitative estimate of drug-likeness (QED) is 0.303. The molecule has 5 heteroatoms. The molecule has 0 saturated carbocycles. The van der Waals surface area contributed by atoms with E-state index in [0.29, 0.717) is 12.5 Å². The number of hydrogen-bond donors (Lipinski definition) is 3. The highest BCUT2D eigenvalue weighted by Gasteiger charge is 1.95. The number of nitrogens with one attached hydrogen (secondary N) is 2. The van der Waals surface area contributed by atoms with Crippen LogP contribution in [-0.4, -0.2) is 17.5 Å². The fraction of sp³-hybridized carbons (Fsp3) is 0.455. The Kier molecular flexibility index (Phi) is 5.28. The van der Waals surface area contributed by atoms with Crippen molar-refractivity contribution in [3.05, 3.63) is 29.6 Å². The van der Waals surface area contributed by atoms with Crippen molar-refractivity contribution in [2.75, 3.05) is 6.54 Å². The molecule has 0 atom stereocenters. The minimum Gasteiger partial charge on any atom is -0.355 e. The molecule has 1 aromatic rings. The first kappa shape index (κ1) is 12.4. The Labute approximate surface area is 96.1 Å². The van der Waals surface area contributed by atoms with Crippen LogP contribution in [-0.2, 0) is 6.54 Å². The lowest BCUT2D eigenvalue weighted by Gasteiger charge is -2.07. The lowest BCUT2D eigenvalue weighted by molar-refractivity contribution is 0.790. The summed E-state index contributed by atoms with van der Waals surface area (Å²) in [6.45, 7) is 5.48. The molecule has 0 amide bonds. The van der Waals surface area contributed by atoms with Gasteiger partial charge in [0.25, 0.3) is 0 Å². The van der Waals surface area contributed by atoms with Crippen LogP contribution in [0.15, 0.2) is 23.3 Å². The van der Waals surface area contributed by atoms with Gasteiger partial charge in [-0.05, 0) is 25.0 Å². The van der Waals surface area contributed by atoms with E-state index >= 15 is 0 Å². The normalized spacial score (nSPS) is 11.3. The fourth-order valence-corrected chi connectivity index (χ4v) is 1.16. The molecule has 4 N–H and O–H groups in total. The standard InChI is InChI=1S/C11H19N5/c1-3-6-13-11(16-12)15-8-10-5-4-9(2)14-7-10/h4-5,7H,3,6,8,12H2,1-2H3,(H2,13,15,16). The lowest BCUT2D eigenvalue weighted by Crippen LogP contribution is -2.41. The van der Waals surface area contributed by atoms with Gasteiger partial charge in [-0.25, -0.2) is 10.8 Å². The maximum atomic E-state index is 5.34. The third kappa shape index (κ3) is 4.27. The number of guanidine groups is 1. The molecule has 0 saturated heterocycles. The van der Waals surface area contributed by atoms with Gasteiger partial charge in [0.2, 0.25) is 5.96 Å². The van der Waals surface area contributed by atoms with Gasteiger partial charge in [0.15, 0.2) is 0 Å². The van der Waals surface area contributed by atoms with Crippen LogP contribution in [0, 0.1) is 6.92 Å². The van der Waals surface area contributed by atoms with Crippen molar-refractivity contribution >= 4 is 5.96 Å². The number of pyridine rings is 1. The summed E-state index contributed by atoms with van der Waals surface area (Å²) >= 11 is 0. The summed E-state index contributed by atoms with van der Waals surface area (Å²) in [7, 11) is 0. The second kappa shape index (κ2) is 6.79. The van der Waals surface area contributed by atoms with Crippen molar-refractivity contribution in [2.45, 2.75) is 26.8 Å². The highest BCUT2D eigenvalue weighted by Crippen LogP contribution is 2.00. The zero-order valence-electron chi connectivity index (χ0n) is 9.83. The van der Waals surface area contributed by atoms with Gasteiger partial charge in [0.05, 0.1) is 6.54 Å². The number of hydrogen-bond acceptors (Lipinski definition) is 3. The molecule has 0 aromatic carbocycles. The third-order valence-corrected chi connectivity index (χ3v) is 2.07. The molecule has 1 aromatic heterocycles. The summed E-state index contributed by atoms with van der Waals surface area (Å²) in [5.74, 6) is 5.96. The van der Waals surface area contributed by atoms with E-state index in [2.05, 4.69) is 27.6 Å². The molecule has 0 radical (unpaired) electrons. The molecule has 16 heavy (non-hydrogen) atoms. The predicted molar refractivity (Wildman–Crippen MR) is 65.7 cm³/mol. The molecule has 88 valence electrons. The van der Waals surface area contributed by atoms with E-state index in [1.54, 1.807) is 0 Å². The Balaban J connectivity index is 2.52. The summed E-state index contributed by atoms with van der Waals surface area (Å²) in [4.78, 5) is 8.51. The molecule has 0 fully saturated rings. The van der Waals surface area contributed by atoms with Crippen LogP contribution in [0.1, 0.15) is 24.6 Å². The van der Waals surface area contributed by atoms with Crippen molar-refractivity contribution in [3.63, 3.8) is 0 Å². The van der Waals surface area contributed by atoms with Crippen molar-refractivity contribution in [1.82, 2.24) is 15.7 Å². The number of aliphatic imine (C=N–C) groups is 1. The van der Waals surface area contributed by atoms with Crippen molar-refractivity contribution in [2.24, 2.45) is 10.8 Å². The number of rotatable bonds is 4. The first-order valence-corrected chi connectivity index (χ1v) is 5.42. The average Bonchev–Trinajstić information content (AvgIpc) is 2.32. The number of nitrogens with zero attached hydrogens (tertiary/aromatic N) is 2. The molecular formula is C11H19N5. The van der Waals surface area contributed by atoms with Gasteiger partial charge < -0.3 is 5.32 Å². The Hall–Kier alpha value is -1.62. The fourth-order valence-electron chi connectivity index (χ4n) is 1.16. The van der Waals surface area contributed by atoms with E-state index in [9.17, 15) is 0 Å². The molecule has 0 aliphatic carbocycles. The predicted octanol–water partition coefficient (Wildman–Crippen LogP) is 0.709. The number of aryl methyl sites for hydroxylation is 1. The Morgan fingerprint density at radius 3 is 2.88 bits per heavy atom. The zero-order valence-corrected chi connectivity index (χ0v) is 9.83. The van der Waals surface area contributed by atoms with Crippen LogP contribution in [0.2, 0.25) is 0 Å². The largest absolute Gasteiger partial charge is 0.355 e. The molecule has 0 spiro atoms. The van der Waals surface area contributed by atoms with E-state index in [0.717, 1.165) is 24.2 Å². The zero-order chi connectivity index (χ0) is 11.8. The maximum absolute atomic E-state index is 5.34. The summed E-state index contributed by atoms with van der Waals surface area (Å²) < 4.78 is 0. The number of aromatic nitrogens is 1. The molecule has 0 bridgehead atoms. The Bertz CT molecular complexity index is 331. The van der Waals surface area contributed by atoms with Gasteiger partial charge in [0.1, 0.15) is 0 Å². The summed E-state index contributed by atoms with van der Waals surface area (Å²) in [5, 5.41) is 3.09. The van der Waals surface area contributed by atoms with Crippen LogP contribution >= 0.6 is 0 Å². The molecule has 0 aliphatic heterocycles. The monoisotopic (exact) mass is 221 g/mol. The van der Waals surface area contributed by atoms with E-state index in [-0.39, 0.29) is 0 Å². The highest BCUT2D eigenvalue weighted by atomic mass is 15.3. The van der Waals surface area contributed by atoms with Crippen LogP contribution in [0.25, 0.3) is 0 Å². The molecule has 1 rings (SSSR count). The first-order chi connectivity index (χ1) is 7.76. The van der Waals surface area contributed by atoms with E-state index in [4.69, 9.17) is 5.84 Å². The molecule has 1 heterocycles. The highest BCUT2D eigenvalue weighted by molar-refractivity contribution is 5.79. The number of nitrogens with two attached hydrogens (primary N) is 1. The first-order valence-electron chi connectivity index (χ1n) is 5.42. The molecule has 5 nitrogen and oxygen atoms in total. The molecule has 0 unspecified atom stereocenters. The minimum atomic E-state index is 0.573. The van der Waals surface area contributed by atoms with Gasteiger partial charge in [-0.2, -0.15) is 0 Å². The van der Waals surface area contributed by atoms with Crippen molar-refractivity contribution in [3.8, 4) is 0 Å². The Morgan fingerprint density at radius 1 is 1.50 bits per heavy atom. The number of hydrazine groups is 1. The summed E-state index contributed by atoms with van der Waals surface area (Å²) in [6.07, 6.45) is 2.86. The lowest BCUT2D eigenvalue weighted by atomic mass is 10.2. The van der Waals surface area contributed by atoms with Gasteiger partial charge in [-0.1, -0.05) is 13.0 Å². The van der Waals surface area contributed by atoms with Gasteiger partial charge in [-0.15, -0.1) is 0 Å². The second-order valence-electron chi connectivity index (χ2n) is 3.54. The van der Waals surface area contributed by atoms with E-state index in [1.165, 1.54) is 0 Å².